The third kappa shape index (κ3) is 5.80. The van der Waals surface area contributed by atoms with Crippen molar-refractivity contribution in [1.82, 2.24) is 5.32 Å². The number of carbonyl (C=O) groups is 1. The molecule has 0 aliphatic carbocycles. The molecule has 0 spiro atoms. The molecule has 0 radical (unpaired) electrons. The van der Waals surface area contributed by atoms with Crippen LogP contribution in [0.3, 0.4) is 0 Å². The first kappa shape index (κ1) is 14.7. The summed E-state index contributed by atoms with van der Waals surface area (Å²) in [6, 6.07) is 9.59. The van der Waals surface area contributed by atoms with E-state index < -0.39 is 6.04 Å². The molecule has 0 aliphatic rings. The zero-order valence-electron chi connectivity index (χ0n) is 10.9. The van der Waals surface area contributed by atoms with Crippen molar-refractivity contribution in [2.24, 2.45) is 5.73 Å². The van der Waals surface area contributed by atoms with Crippen molar-refractivity contribution >= 4 is 5.91 Å². The summed E-state index contributed by atoms with van der Waals surface area (Å²) in [5, 5.41) is 2.76. The molecular formula is C14H22N2O2. The number of carbonyl (C=O) groups excluding carboxylic acids is 1. The molecule has 0 aliphatic heterocycles. The summed E-state index contributed by atoms with van der Waals surface area (Å²) in [5.41, 5.74) is 7.03. The van der Waals surface area contributed by atoms with Crippen LogP contribution in [0.5, 0.6) is 0 Å². The predicted molar refractivity (Wildman–Crippen MR) is 72.2 cm³/mol. The summed E-state index contributed by atoms with van der Waals surface area (Å²) < 4.78 is 5.14. The van der Waals surface area contributed by atoms with Gasteiger partial charge in [-0.25, -0.2) is 0 Å². The maximum atomic E-state index is 11.6. The first-order valence-corrected chi connectivity index (χ1v) is 6.39. The van der Waals surface area contributed by atoms with Gasteiger partial charge in [0.05, 0.1) is 12.6 Å². The topological polar surface area (TPSA) is 64.3 Å². The summed E-state index contributed by atoms with van der Waals surface area (Å²) in [5.74, 6) is -0.106. The van der Waals surface area contributed by atoms with Crippen molar-refractivity contribution in [3.8, 4) is 0 Å². The molecule has 0 aromatic heterocycles. The standard InChI is InChI=1S/C14H22N2O2/c1-2-18-11-10-16-14(17)13(15)9-8-12-6-4-3-5-7-12/h3-7,13H,2,8-11,15H2,1H3,(H,16,17)/t13-/m0/s1. The number of hydrogen-bond donors (Lipinski definition) is 2. The van der Waals surface area contributed by atoms with E-state index in [2.05, 4.69) is 5.32 Å². The Kier molecular flexibility index (Phi) is 7.06. The second-order valence-corrected chi connectivity index (χ2v) is 4.12. The van der Waals surface area contributed by atoms with Gasteiger partial charge in [0.25, 0.3) is 0 Å². The Morgan fingerprint density at radius 2 is 2.11 bits per heavy atom. The molecule has 0 unspecified atom stereocenters. The Hall–Kier alpha value is -1.39. The fourth-order valence-corrected chi connectivity index (χ4v) is 1.62. The zero-order valence-corrected chi connectivity index (χ0v) is 10.9. The molecule has 1 atom stereocenters. The van der Waals surface area contributed by atoms with Gasteiger partial charge in [0.1, 0.15) is 0 Å². The highest BCUT2D eigenvalue weighted by molar-refractivity contribution is 5.81. The minimum Gasteiger partial charge on any atom is -0.380 e. The van der Waals surface area contributed by atoms with Crippen LogP contribution in [0.1, 0.15) is 18.9 Å². The van der Waals surface area contributed by atoms with Gasteiger partial charge in [-0.15, -0.1) is 0 Å². The first-order chi connectivity index (χ1) is 8.74. The smallest absolute Gasteiger partial charge is 0.237 e. The van der Waals surface area contributed by atoms with Crippen LogP contribution in [-0.2, 0) is 16.0 Å². The molecule has 0 heterocycles. The van der Waals surface area contributed by atoms with Crippen LogP contribution in [0, 0.1) is 0 Å². The lowest BCUT2D eigenvalue weighted by Gasteiger charge is -2.12. The number of amides is 1. The van der Waals surface area contributed by atoms with E-state index in [1.165, 1.54) is 5.56 Å². The molecule has 0 saturated carbocycles. The molecule has 100 valence electrons. The van der Waals surface area contributed by atoms with Crippen LogP contribution < -0.4 is 11.1 Å². The minimum atomic E-state index is -0.452. The van der Waals surface area contributed by atoms with Crippen molar-refractivity contribution in [2.45, 2.75) is 25.8 Å². The van der Waals surface area contributed by atoms with Crippen LogP contribution in [0.4, 0.5) is 0 Å². The Morgan fingerprint density at radius 1 is 1.39 bits per heavy atom. The minimum absolute atomic E-state index is 0.106. The highest BCUT2D eigenvalue weighted by Gasteiger charge is 2.12. The number of rotatable bonds is 8. The van der Waals surface area contributed by atoms with Crippen LogP contribution in [-0.4, -0.2) is 31.7 Å². The third-order valence-electron chi connectivity index (χ3n) is 2.67. The summed E-state index contributed by atoms with van der Waals surface area (Å²) in [6.45, 7) is 3.64. The normalized spacial score (nSPS) is 12.1. The van der Waals surface area contributed by atoms with Crippen LogP contribution in [0.15, 0.2) is 30.3 Å². The zero-order chi connectivity index (χ0) is 13.2. The number of benzene rings is 1. The molecule has 0 bridgehead atoms. The Labute approximate surface area is 109 Å². The van der Waals surface area contributed by atoms with Gasteiger partial charge in [-0.1, -0.05) is 30.3 Å². The van der Waals surface area contributed by atoms with Crippen molar-refractivity contribution in [3.63, 3.8) is 0 Å². The van der Waals surface area contributed by atoms with Crippen LogP contribution >= 0.6 is 0 Å². The van der Waals surface area contributed by atoms with Crippen molar-refractivity contribution < 1.29 is 9.53 Å². The highest BCUT2D eigenvalue weighted by atomic mass is 16.5. The second kappa shape index (κ2) is 8.66. The van der Waals surface area contributed by atoms with Gasteiger partial charge in [-0.3, -0.25) is 4.79 Å². The fourth-order valence-electron chi connectivity index (χ4n) is 1.62. The summed E-state index contributed by atoms with van der Waals surface area (Å²) in [6.07, 6.45) is 1.48. The molecule has 18 heavy (non-hydrogen) atoms. The molecule has 1 aromatic rings. The first-order valence-electron chi connectivity index (χ1n) is 6.39. The van der Waals surface area contributed by atoms with E-state index in [9.17, 15) is 4.79 Å². The van der Waals surface area contributed by atoms with Gasteiger partial charge in [-0.2, -0.15) is 0 Å². The van der Waals surface area contributed by atoms with Crippen molar-refractivity contribution in [3.05, 3.63) is 35.9 Å². The maximum Gasteiger partial charge on any atom is 0.237 e. The Bertz CT molecular complexity index is 341. The second-order valence-electron chi connectivity index (χ2n) is 4.12. The number of aryl methyl sites for hydroxylation is 1. The quantitative estimate of drug-likeness (QED) is 0.679. The average Bonchev–Trinajstić information content (AvgIpc) is 2.42. The average molecular weight is 250 g/mol. The molecule has 1 amide bonds. The monoisotopic (exact) mass is 250 g/mol. The van der Waals surface area contributed by atoms with E-state index in [0.29, 0.717) is 26.2 Å². The van der Waals surface area contributed by atoms with Crippen molar-refractivity contribution in [1.29, 1.82) is 0 Å². The lowest BCUT2D eigenvalue weighted by Crippen LogP contribution is -2.42. The SMILES string of the molecule is CCOCCNC(=O)[C@@H](N)CCc1ccccc1. The molecule has 1 rings (SSSR count). The Balaban J connectivity index is 2.19. The number of hydrogen-bond acceptors (Lipinski definition) is 3. The summed E-state index contributed by atoms with van der Waals surface area (Å²) >= 11 is 0. The molecule has 0 fully saturated rings. The van der Waals surface area contributed by atoms with Gasteiger partial charge in [0.15, 0.2) is 0 Å². The molecular weight excluding hydrogens is 228 g/mol. The largest absolute Gasteiger partial charge is 0.380 e. The summed E-state index contributed by atoms with van der Waals surface area (Å²) in [7, 11) is 0. The van der Waals surface area contributed by atoms with Gasteiger partial charge in [-0.05, 0) is 25.3 Å². The van der Waals surface area contributed by atoms with Gasteiger partial charge >= 0.3 is 0 Å². The van der Waals surface area contributed by atoms with Crippen LogP contribution in [0.2, 0.25) is 0 Å². The lowest BCUT2D eigenvalue weighted by molar-refractivity contribution is -0.122. The molecule has 4 nitrogen and oxygen atoms in total. The van der Waals surface area contributed by atoms with Crippen LogP contribution in [0.25, 0.3) is 0 Å². The van der Waals surface area contributed by atoms with Gasteiger partial charge in [0, 0.05) is 13.2 Å². The van der Waals surface area contributed by atoms with Gasteiger partial charge < -0.3 is 15.8 Å². The maximum absolute atomic E-state index is 11.6. The van der Waals surface area contributed by atoms with Gasteiger partial charge in [0.2, 0.25) is 5.91 Å². The van der Waals surface area contributed by atoms with E-state index in [1.54, 1.807) is 0 Å². The number of nitrogens with one attached hydrogen (secondary N) is 1. The molecule has 1 aromatic carbocycles. The van der Waals surface area contributed by atoms with E-state index >= 15 is 0 Å². The lowest BCUT2D eigenvalue weighted by atomic mass is 10.1. The third-order valence-corrected chi connectivity index (χ3v) is 2.67. The molecule has 0 saturated heterocycles. The number of nitrogens with two attached hydrogens (primary N) is 1. The van der Waals surface area contributed by atoms with E-state index in [0.717, 1.165) is 6.42 Å². The Morgan fingerprint density at radius 3 is 2.78 bits per heavy atom. The molecule has 4 heteroatoms. The van der Waals surface area contributed by atoms with Crippen molar-refractivity contribution in [2.75, 3.05) is 19.8 Å². The predicted octanol–water partition coefficient (Wildman–Crippen LogP) is 1.10. The van der Waals surface area contributed by atoms with E-state index in [-0.39, 0.29) is 5.91 Å². The fraction of sp³-hybridized carbons (Fsp3) is 0.500. The number of ether oxygens (including phenoxy) is 1. The van der Waals surface area contributed by atoms with E-state index in [1.807, 2.05) is 37.3 Å². The molecule has 3 N–H and O–H groups in total. The summed E-state index contributed by atoms with van der Waals surface area (Å²) in [4.78, 5) is 11.6. The van der Waals surface area contributed by atoms with E-state index in [4.69, 9.17) is 10.5 Å². The highest BCUT2D eigenvalue weighted by Crippen LogP contribution is 2.03.